The van der Waals surface area contributed by atoms with Gasteiger partial charge in [-0.2, -0.15) is 0 Å². The number of hydrogen-bond acceptors (Lipinski definition) is 4. The molecule has 0 bridgehead atoms. The van der Waals surface area contributed by atoms with E-state index < -0.39 is 0 Å². The van der Waals surface area contributed by atoms with Gasteiger partial charge in [0, 0.05) is 25.3 Å². The molecule has 114 valence electrons. The smallest absolute Gasteiger partial charge is 0.320 e. The minimum Gasteiger partial charge on any atom is -0.373 e. The van der Waals surface area contributed by atoms with Crippen molar-refractivity contribution in [2.45, 2.75) is 31.4 Å². The summed E-state index contributed by atoms with van der Waals surface area (Å²) in [4.78, 5) is 18.4. The van der Waals surface area contributed by atoms with Crippen LogP contribution < -0.4 is 10.6 Å². The van der Waals surface area contributed by atoms with Crippen molar-refractivity contribution in [2.24, 2.45) is 0 Å². The van der Waals surface area contributed by atoms with Crippen molar-refractivity contribution in [3.8, 4) is 0 Å². The molecular formula is C15H22N4O2. The predicted octanol–water partition coefficient (Wildman–Crippen LogP) is 1.46. The van der Waals surface area contributed by atoms with E-state index >= 15 is 0 Å². The number of ether oxygens (including phenoxy) is 1. The molecule has 3 heterocycles. The third-order valence-corrected chi connectivity index (χ3v) is 4.11. The molecule has 2 aliphatic heterocycles. The molecule has 1 aromatic heterocycles. The summed E-state index contributed by atoms with van der Waals surface area (Å²) in [5.41, 5.74) is 0. The zero-order valence-corrected chi connectivity index (χ0v) is 12.1. The molecule has 0 unspecified atom stereocenters. The molecule has 2 atom stereocenters. The van der Waals surface area contributed by atoms with Gasteiger partial charge in [-0.1, -0.05) is 12.5 Å². The van der Waals surface area contributed by atoms with Gasteiger partial charge < -0.3 is 10.1 Å². The Kier molecular flexibility index (Phi) is 4.67. The molecule has 0 aliphatic carbocycles. The maximum atomic E-state index is 11.8. The fourth-order valence-corrected chi connectivity index (χ4v) is 2.98. The van der Waals surface area contributed by atoms with Gasteiger partial charge in [0.1, 0.15) is 5.82 Å². The molecular weight excluding hydrogens is 268 g/mol. The summed E-state index contributed by atoms with van der Waals surface area (Å²) in [7, 11) is 0. The zero-order chi connectivity index (χ0) is 14.5. The Morgan fingerprint density at radius 2 is 2.38 bits per heavy atom. The number of rotatable bonds is 3. The second-order valence-electron chi connectivity index (χ2n) is 5.65. The Morgan fingerprint density at radius 3 is 3.24 bits per heavy atom. The van der Waals surface area contributed by atoms with Crippen LogP contribution >= 0.6 is 0 Å². The van der Waals surface area contributed by atoms with Crippen LogP contribution in [0.25, 0.3) is 0 Å². The van der Waals surface area contributed by atoms with E-state index in [1.54, 1.807) is 12.3 Å². The van der Waals surface area contributed by atoms with Gasteiger partial charge in [0.05, 0.1) is 12.7 Å². The second kappa shape index (κ2) is 6.87. The van der Waals surface area contributed by atoms with Crippen molar-refractivity contribution in [3.63, 3.8) is 0 Å². The highest BCUT2D eigenvalue weighted by Crippen LogP contribution is 2.21. The summed E-state index contributed by atoms with van der Waals surface area (Å²) in [6.07, 6.45) is 5.54. The fraction of sp³-hybridized carbons (Fsp3) is 0.600. The van der Waals surface area contributed by atoms with Crippen molar-refractivity contribution < 1.29 is 9.53 Å². The fourth-order valence-electron chi connectivity index (χ4n) is 2.98. The summed E-state index contributed by atoms with van der Waals surface area (Å²) in [5, 5.41) is 5.56. The van der Waals surface area contributed by atoms with Crippen LogP contribution in [-0.4, -0.2) is 54.3 Å². The SMILES string of the molecule is O=C(NC[C@H]1CN2CCCC[C@@H]2CO1)Nc1ccccn1. The number of amides is 2. The van der Waals surface area contributed by atoms with Crippen molar-refractivity contribution in [2.75, 3.05) is 31.6 Å². The van der Waals surface area contributed by atoms with Gasteiger partial charge in [-0.05, 0) is 31.5 Å². The number of pyridine rings is 1. The Bertz CT molecular complexity index is 468. The molecule has 0 spiro atoms. The maximum Gasteiger partial charge on any atom is 0.320 e. The van der Waals surface area contributed by atoms with E-state index in [9.17, 15) is 4.79 Å². The van der Waals surface area contributed by atoms with Gasteiger partial charge in [-0.25, -0.2) is 9.78 Å². The van der Waals surface area contributed by atoms with Crippen LogP contribution in [0, 0.1) is 0 Å². The third-order valence-electron chi connectivity index (χ3n) is 4.11. The standard InChI is InChI=1S/C15H22N4O2/c20-15(18-14-6-1-3-7-16-14)17-9-13-10-19-8-4-2-5-12(19)11-21-13/h1,3,6-7,12-13H,2,4-5,8-11H2,(H2,16,17,18,20)/t12-,13+/m1/s1. The van der Waals surface area contributed by atoms with E-state index in [1.807, 2.05) is 12.1 Å². The van der Waals surface area contributed by atoms with Crippen LogP contribution in [0.4, 0.5) is 10.6 Å². The number of piperidine rings is 1. The number of nitrogens with zero attached hydrogens (tertiary/aromatic N) is 2. The van der Waals surface area contributed by atoms with Crippen LogP contribution in [0.5, 0.6) is 0 Å². The molecule has 2 saturated heterocycles. The first-order valence-corrected chi connectivity index (χ1v) is 7.63. The van der Waals surface area contributed by atoms with Gasteiger partial charge in [-0.15, -0.1) is 0 Å². The lowest BCUT2D eigenvalue weighted by Crippen LogP contribution is -2.54. The Labute approximate surface area is 124 Å². The number of anilines is 1. The van der Waals surface area contributed by atoms with Gasteiger partial charge >= 0.3 is 6.03 Å². The van der Waals surface area contributed by atoms with E-state index in [0.29, 0.717) is 18.4 Å². The van der Waals surface area contributed by atoms with Crippen molar-refractivity contribution in [3.05, 3.63) is 24.4 Å². The van der Waals surface area contributed by atoms with Crippen molar-refractivity contribution in [1.82, 2.24) is 15.2 Å². The number of hydrogen-bond donors (Lipinski definition) is 2. The Hall–Kier alpha value is -1.66. The van der Waals surface area contributed by atoms with E-state index in [-0.39, 0.29) is 12.1 Å². The molecule has 2 fully saturated rings. The lowest BCUT2D eigenvalue weighted by atomic mass is 10.0. The van der Waals surface area contributed by atoms with E-state index in [4.69, 9.17) is 4.74 Å². The largest absolute Gasteiger partial charge is 0.373 e. The van der Waals surface area contributed by atoms with Crippen LogP contribution in [0.1, 0.15) is 19.3 Å². The van der Waals surface area contributed by atoms with E-state index in [2.05, 4.69) is 20.5 Å². The summed E-state index contributed by atoms with van der Waals surface area (Å²) in [6, 6.07) is 5.75. The van der Waals surface area contributed by atoms with Crippen LogP contribution in [-0.2, 0) is 4.74 Å². The number of fused-ring (bicyclic) bond motifs is 1. The van der Waals surface area contributed by atoms with Gasteiger partial charge in [0.2, 0.25) is 0 Å². The maximum absolute atomic E-state index is 11.8. The normalized spacial score (nSPS) is 25.9. The highest BCUT2D eigenvalue weighted by molar-refractivity contribution is 5.88. The van der Waals surface area contributed by atoms with Gasteiger partial charge in [-0.3, -0.25) is 10.2 Å². The first-order valence-electron chi connectivity index (χ1n) is 7.63. The molecule has 0 saturated carbocycles. The molecule has 0 radical (unpaired) electrons. The summed E-state index contributed by atoms with van der Waals surface area (Å²) >= 11 is 0. The summed E-state index contributed by atoms with van der Waals surface area (Å²) in [5.74, 6) is 0.552. The van der Waals surface area contributed by atoms with E-state index in [0.717, 1.165) is 19.7 Å². The van der Waals surface area contributed by atoms with Gasteiger partial charge in [0.15, 0.2) is 0 Å². The number of carbonyl (C=O) groups excluding carboxylic acids is 1. The monoisotopic (exact) mass is 290 g/mol. The number of urea groups is 1. The van der Waals surface area contributed by atoms with Crippen LogP contribution in [0.2, 0.25) is 0 Å². The summed E-state index contributed by atoms with van der Waals surface area (Å²) in [6.45, 7) is 3.38. The average Bonchev–Trinajstić information content (AvgIpc) is 2.54. The zero-order valence-electron chi connectivity index (χ0n) is 12.1. The number of nitrogens with one attached hydrogen (secondary N) is 2. The highest BCUT2D eigenvalue weighted by atomic mass is 16.5. The van der Waals surface area contributed by atoms with Gasteiger partial charge in [0.25, 0.3) is 0 Å². The molecule has 2 aliphatic rings. The second-order valence-corrected chi connectivity index (χ2v) is 5.65. The molecule has 2 N–H and O–H groups in total. The molecule has 1 aromatic rings. The molecule has 2 amide bonds. The number of carbonyl (C=O) groups is 1. The first kappa shape index (κ1) is 14.3. The Balaban J connectivity index is 1.42. The molecule has 6 heteroatoms. The summed E-state index contributed by atoms with van der Waals surface area (Å²) < 4.78 is 5.85. The average molecular weight is 290 g/mol. The first-order chi connectivity index (χ1) is 10.3. The lowest BCUT2D eigenvalue weighted by Gasteiger charge is -2.42. The van der Waals surface area contributed by atoms with Crippen LogP contribution in [0.3, 0.4) is 0 Å². The predicted molar refractivity (Wildman–Crippen MR) is 80.2 cm³/mol. The molecule has 0 aromatic carbocycles. The minimum atomic E-state index is -0.238. The molecule has 21 heavy (non-hydrogen) atoms. The Morgan fingerprint density at radius 1 is 1.43 bits per heavy atom. The van der Waals surface area contributed by atoms with Crippen LogP contribution in [0.15, 0.2) is 24.4 Å². The topological polar surface area (TPSA) is 66.5 Å². The number of morpholine rings is 1. The molecule has 3 rings (SSSR count). The number of aromatic nitrogens is 1. The quantitative estimate of drug-likeness (QED) is 0.884. The van der Waals surface area contributed by atoms with E-state index in [1.165, 1.54) is 19.3 Å². The third kappa shape index (κ3) is 3.92. The highest BCUT2D eigenvalue weighted by Gasteiger charge is 2.30. The van der Waals surface area contributed by atoms with Crippen molar-refractivity contribution in [1.29, 1.82) is 0 Å². The van der Waals surface area contributed by atoms with Crippen molar-refractivity contribution >= 4 is 11.8 Å². The lowest BCUT2D eigenvalue weighted by molar-refractivity contribution is -0.0722. The molecule has 6 nitrogen and oxygen atoms in total. The minimum absolute atomic E-state index is 0.0776.